The maximum Gasteiger partial charge on any atom is 0.342 e. The summed E-state index contributed by atoms with van der Waals surface area (Å²) in [6, 6.07) is -0.655. The normalized spacial score (nSPS) is 26.1. The highest BCUT2D eigenvalue weighted by Gasteiger charge is 2.27. The number of carbonyl (C=O) groups excluding carboxylic acids is 1. The third-order valence-corrected chi connectivity index (χ3v) is 0.969. The second-order valence-electron chi connectivity index (χ2n) is 1.63. The van der Waals surface area contributed by atoms with Gasteiger partial charge in [-0.25, -0.2) is 4.79 Å². The highest BCUT2D eigenvalue weighted by atomic mass is 16.3. The van der Waals surface area contributed by atoms with Crippen LogP contribution in [0.2, 0.25) is 0 Å². The first kappa shape index (κ1) is 5.96. The summed E-state index contributed by atoms with van der Waals surface area (Å²) in [6.45, 7) is -0.0671. The van der Waals surface area contributed by atoms with Gasteiger partial charge in [-0.15, -0.1) is 4.91 Å². The molecule has 1 heterocycles. The van der Waals surface area contributed by atoms with Gasteiger partial charge in [0.15, 0.2) is 0 Å². The summed E-state index contributed by atoms with van der Waals surface area (Å²) >= 11 is 0. The van der Waals surface area contributed by atoms with Gasteiger partial charge >= 0.3 is 6.03 Å². The van der Waals surface area contributed by atoms with Crippen LogP contribution in [0.15, 0.2) is 5.29 Å². The predicted octanol–water partition coefficient (Wildman–Crippen LogP) is -0.989. The molecule has 1 saturated heterocycles. The largest absolute Gasteiger partial charge is 0.372 e. The molecule has 0 aromatic heterocycles. The van der Waals surface area contributed by atoms with Crippen LogP contribution < -0.4 is 5.32 Å². The third kappa shape index (κ3) is 0.968. The van der Waals surface area contributed by atoms with Crippen LogP contribution in [-0.4, -0.2) is 28.9 Å². The number of rotatable bonds is 1. The fraction of sp³-hybridized carbons (Fsp3) is 0.667. The standard InChI is InChI=1S/C3H5N3O3/c7-2-1-6(5-9)3(8)4-2/h2,7H,1H2,(H,4,8). The third-order valence-electron chi connectivity index (χ3n) is 0.969. The Hall–Kier alpha value is -1.17. The van der Waals surface area contributed by atoms with Gasteiger partial charge in [0.1, 0.15) is 6.23 Å². The van der Waals surface area contributed by atoms with Crippen molar-refractivity contribution in [2.45, 2.75) is 6.23 Å². The fourth-order valence-electron chi connectivity index (χ4n) is 0.580. The zero-order valence-corrected chi connectivity index (χ0v) is 4.44. The molecule has 2 N–H and O–H groups in total. The van der Waals surface area contributed by atoms with Crippen molar-refractivity contribution >= 4 is 6.03 Å². The lowest BCUT2D eigenvalue weighted by molar-refractivity contribution is 0.161. The molecule has 1 atom stereocenters. The van der Waals surface area contributed by atoms with Gasteiger partial charge in [0, 0.05) is 0 Å². The molecular weight excluding hydrogens is 126 g/mol. The van der Waals surface area contributed by atoms with Crippen molar-refractivity contribution in [1.29, 1.82) is 0 Å². The molecule has 1 aliphatic heterocycles. The van der Waals surface area contributed by atoms with Crippen molar-refractivity contribution in [2.75, 3.05) is 6.54 Å². The van der Waals surface area contributed by atoms with E-state index in [0.717, 1.165) is 0 Å². The maximum atomic E-state index is 10.4. The molecule has 0 radical (unpaired) electrons. The first-order chi connectivity index (χ1) is 4.24. The molecule has 0 bridgehead atoms. The topological polar surface area (TPSA) is 82.0 Å². The minimum atomic E-state index is -0.963. The van der Waals surface area contributed by atoms with E-state index in [1.54, 1.807) is 0 Å². The number of nitroso groups, excluding NO2 is 1. The molecule has 6 nitrogen and oxygen atoms in total. The number of hydrogen-bond donors (Lipinski definition) is 2. The van der Waals surface area contributed by atoms with E-state index < -0.39 is 12.3 Å². The van der Waals surface area contributed by atoms with Gasteiger partial charge in [-0.3, -0.25) is 0 Å². The van der Waals surface area contributed by atoms with Crippen molar-refractivity contribution in [3.8, 4) is 0 Å². The number of aliphatic hydroxyl groups is 1. The molecule has 1 unspecified atom stereocenters. The average Bonchev–Trinajstić information content (AvgIpc) is 2.10. The van der Waals surface area contributed by atoms with Gasteiger partial charge < -0.3 is 10.4 Å². The first-order valence-electron chi connectivity index (χ1n) is 2.33. The van der Waals surface area contributed by atoms with Gasteiger partial charge in [0.25, 0.3) is 0 Å². The summed E-state index contributed by atoms with van der Waals surface area (Å²) in [7, 11) is 0. The fourth-order valence-corrected chi connectivity index (χ4v) is 0.580. The Kier molecular flexibility index (Phi) is 1.31. The number of aliphatic hydroxyl groups excluding tert-OH is 1. The number of amides is 2. The molecule has 1 rings (SSSR count). The van der Waals surface area contributed by atoms with Crippen LogP contribution in [0.1, 0.15) is 0 Å². The van der Waals surface area contributed by atoms with Crippen LogP contribution in [-0.2, 0) is 0 Å². The molecule has 0 aromatic rings. The summed E-state index contributed by atoms with van der Waals surface area (Å²) in [5, 5.41) is 13.6. The molecule has 50 valence electrons. The molecular formula is C3H5N3O3. The minimum Gasteiger partial charge on any atom is -0.372 e. The minimum absolute atomic E-state index is 0.0671. The Morgan fingerprint density at radius 2 is 2.56 bits per heavy atom. The van der Waals surface area contributed by atoms with E-state index in [1.807, 2.05) is 0 Å². The monoisotopic (exact) mass is 131 g/mol. The molecule has 1 fully saturated rings. The highest BCUT2D eigenvalue weighted by Crippen LogP contribution is 1.99. The zero-order valence-electron chi connectivity index (χ0n) is 4.44. The van der Waals surface area contributed by atoms with E-state index in [9.17, 15) is 9.70 Å². The predicted molar refractivity (Wildman–Crippen MR) is 27.0 cm³/mol. The van der Waals surface area contributed by atoms with Gasteiger partial charge in [-0.1, -0.05) is 0 Å². The number of nitrogens with zero attached hydrogens (tertiary/aromatic N) is 2. The molecule has 9 heavy (non-hydrogen) atoms. The lowest BCUT2D eigenvalue weighted by Crippen LogP contribution is -2.26. The maximum absolute atomic E-state index is 10.4. The van der Waals surface area contributed by atoms with Crippen LogP contribution in [0.5, 0.6) is 0 Å². The van der Waals surface area contributed by atoms with Crippen LogP contribution in [0.4, 0.5) is 4.79 Å². The molecule has 0 aliphatic carbocycles. The van der Waals surface area contributed by atoms with E-state index in [2.05, 4.69) is 10.6 Å². The first-order valence-corrected chi connectivity index (χ1v) is 2.33. The number of carbonyl (C=O) groups is 1. The van der Waals surface area contributed by atoms with Crippen LogP contribution in [0.25, 0.3) is 0 Å². The Balaban J connectivity index is 2.57. The summed E-state index contributed by atoms with van der Waals surface area (Å²) in [6.07, 6.45) is -0.963. The second kappa shape index (κ2) is 1.98. The molecule has 0 saturated carbocycles. The van der Waals surface area contributed by atoms with E-state index in [0.29, 0.717) is 5.01 Å². The number of β-amino-alcohol motifs (C(OH)–C–C–N with tert-alkyl or cyclic N) is 1. The smallest absolute Gasteiger partial charge is 0.342 e. The average molecular weight is 131 g/mol. The number of hydrogen-bond acceptors (Lipinski definition) is 4. The van der Waals surface area contributed by atoms with E-state index >= 15 is 0 Å². The van der Waals surface area contributed by atoms with Gasteiger partial charge in [0.2, 0.25) is 0 Å². The number of nitrogens with one attached hydrogen (secondary N) is 1. The molecule has 6 heteroatoms. The van der Waals surface area contributed by atoms with Gasteiger partial charge in [0.05, 0.1) is 11.8 Å². The zero-order chi connectivity index (χ0) is 6.85. The summed E-state index contributed by atoms with van der Waals surface area (Å²) < 4.78 is 0. The Morgan fingerprint density at radius 1 is 1.89 bits per heavy atom. The number of urea groups is 1. The Bertz CT molecular complexity index is 147. The lowest BCUT2D eigenvalue weighted by Gasteiger charge is -1.96. The van der Waals surface area contributed by atoms with Crippen molar-refractivity contribution in [3.63, 3.8) is 0 Å². The van der Waals surface area contributed by atoms with Crippen molar-refractivity contribution in [2.24, 2.45) is 5.29 Å². The quantitative estimate of drug-likeness (QED) is 0.448. The van der Waals surface area contributed by atoms with E-state index in [1.165, 1.54) is 0 Å². The van der Waals surface area contributed by atoms with Crippen molar-refractivity contribution in [3.05, 3.63) is 4.91 Å². The molecule has 2 amide bonds. The highest BCUT2D eigenvalue weighted by molar-refractivity contribution is 5.75. The Morgan fingerprint density at radius 3 is 2.78 bits per heavy atom. The van der Waals surface area contributed by atoms with Crippen molar-refractivity contribution < 1.29 is 9.90 Å². The van der Waals surface area contributed by atoms with Crippen LogP contribution in [0, 0.1) is 4.91 Å². The molecule has 0 aromatic carbocycles. The van der Waals surface area contributed by atoms with Crippen molar-refractivity contribution in [1.82, 2.24) is 10.3 Å². The van der Waals surface area contributed by atoms with E-state index in [4.69, 9.17) is 5.11 Å². The van der Waals surface area contributed by atoms with E-state index in [-0.39, 0.29) is 6.54 Å². The second-order valence-corrected chi connectivity index (χ2v) is 1.63. The summed E-state index contributed by atoms with van der Waals surface area (Å²) in [5.74, 6) is 0. The van der Waals surface area contributed by atoms with Gasteiger partial charge in [-0.2, -0.15) is 5.01 Å². The summed E-state index contributed by atoms with van der Waals surface area (Å²) in [5.41, 5.74) is 0. The molecule has 0 spiro atoms. The Labute approximate surface area is 50.4 Å². The molecule has 1 aliphatic rings. The SMILES string of the molecule is O=NN1CC(O)NC1=O. The lowest BCUT2D eigenvalue weighted by atomic mass is 10.6. The van der Waals surface area contributed by atoms with Crippen LogP contribution >= 0.6 is 0 Å². The summed E-state index contributed by atoms with van der Waals surface area (Å²) in [4.78, 5) is 20.0. The van der Waals surface area contributed by atoms with Gasteiger partial charge in [-0.05, 0) is 0 Å². The van der Waals surface area contributed by atoms with Crippen LogP contribution in [0.3, 0.4) is 0 Å².